The van der Waals surface area contributed by atoms with Crippen molar-refractivity contribution < 1.29 is 19.4 Å². The van der Waals surface area contributed by atoms with Crippen molar-refractivity contribution in [2.45, 2.75) is 78.1 Å². The number of rotatable bonds is 13. The van der Waals surface area contributed by atoms with E-state index in [1.807, 2.05) is 0 Å². The number of carbonyl (C=O) groups excluding carboxylic acids is 1. The second-order valence-corrected chi connectivity index (χ2v) is 6.68. The molecular weight excluding hydrogens is 352 g/mol. The summed E-state index contributed by atoms with van der Waals surface area (Å²) in [6.45, 7) is 3.63. The van der Waals surface area contributed by atoms with Gasteiger partial charge in [0.15, 0.2) is 0 Å². The first-order chi connectivity index (χ1) is 12.9. The molecule has 1 aromatic carbocycles. The number of nitro benzene ring substituents is 2. The first kappa shape index (κ1) is 22.5. The fourth-order valence-electron chi connectivity index (χ4n) is 2.86. The Balaban J connectivity index is 2.46. The summed E-state index contributed by atoms with van der Waals surface area (Å²) in [6, 6.07) is 1.97. The lowest BCUT2D eigenvalue weighted by Crippen LogP contribution is -2.10. The minimum atomic E-state index is -0.777. The van der Waals surface area contributed by atoms with Gasteiger partial charge in [-0.15, -0.1) is 0 Å². The average Bonchev–Trinajstić information content (AvgIpc) is 2.61. The Morgan fingerprint density at radius 2 is 1.48 bits per heavy atom. The molecule has 0 N–H and O–H groups in total. The van der Waals surface area contributed by atoms with Crippen LogP contribution in [-0.2, 0) is 4.79 Å². The van der Waals surface area contributed by atoms with Crippen LogP contribution in [0.25, 0.3) is 0 Å². The number of unbranched alkanes of at least 4 members (excludes halogenated alkanes) is 8. The molecule has 27 heavy (non-hydrogen) atoms. The molecule has 8 heteroatoms. The number of esters is 1. The third-order valence-corrected chi connectivity index (χ3v) is 4.35. The van der Waals surface area contributed by atoms with Gasteiger partial charge in [0.1, 0.15) is 0 Å². The van der Waals surface area contributed by atoms with Gasteiger partial charge in [0.05, 0.1) is 15.9 Å². The van der Waals surface area contributed by atoms with Crippen LogP contribution in [0.3, 0.4) is 0 Å². The zero-order valence-electron chi connectivity index (χ0n) is 16.1. The molecule has 1 aromatic rings. The van der Waals surface area contributed by atoms with E-state index in [0.717, 1.165) is 31.4 Å². The van der Waals surface area contributed by atoms with E-state index in [4.69, 9.17) is 4.74 Å². The van der Waals surface area contributed by atoms with E-state index in [1.165, 1.54) is 39.0 Å². The smallest absolute Gasteiger partial charge is 0.318 e. The Bertz CT molecular complexity index is 660. The molecule has 0 unspecified atom stereocenters. The number of hydrogen-bond donors (Lipinski definition) is 0. The molecule has 150 valence electrons. The topological polar surface area (TPSA) is 113 Å². The average molecular weight is 380 g/mol. The fraction of sp³-hybridized carbons (Fsp3) is 0.632. The highest BCUT2D eigenvalue weighted by Crippen LogP contribution is 2.35. The second kappa shape index (κ2) is 12.0. The third kappa shape index (κ3) is 8.15. The monoisotopic (exact) mass is 380 g/mol. The molecule has 0 radical (unpaired) electrons. The van der Waals surface area contributed by atoms with Crippen molar-refractivity contribution in [3.63, 3.8) is 0 Å². The summed E-state index contributed by atoms with van der Waals surface area (Å²) in [5.41, 5.74) is -0.781. The number of carbonyl (C=O) groups is 1. The number of nitrogens with zero attached hydrogens (tertiary/aromatic N) is 2. The largest absolute Gasteiger partial charge is 0.419 e. The molecule has 0 atom stereocenters. The highest BCUT2D eigenvalue weighted by Gasteiger charge is 2.25. The third-order valence-electron chi connectivity index (χ3n) is 4.35. The number of aryl methyl sites for hydroxylation is 1. The van der Waals surface area contributed by atoms with Crippen LogP contribution in [0.5, 0.6) is 5.75 Å². The van der Waals surface area contributed by atoms with Gasteiger partial charge in [0.25, 0.3) is 5.69 Å². The normalized spacial score (nSPS) is 10.6. The van der Waals surface area contributed by atoms with E-state index in [-0.39, 0.29) is 17.7 Å². The first-order valence-electron chi connectivity index (χ1n) is 9.51. The molecule has 0 aromatic heterocycles. The predicted molar refractivity (Wildman–Crippen MR) is 102 cm³/mol. The van der Waals surface area contributed by atoms with Gasteiger partial charge in [-0.2, -0.15) is 0 Å². The van der Waals surface area contributed by atoms with E-state index < -0.39 is 27.2 Å². The Kier molecular flexibility index (Phi) is 10.00. The lowest BCUT2D eigenvalue weighted by Gasteiger charge is -2.08. The van der Waals surface area contributed by atoms with Gasteiger partial charge in [0, 0.05) is 18.1 Å². The molecule has 0 bridgehead atoms. The number of benzene rings is 1. The van der Waals surface area contributed by atoms with Gasteiger partial charge in [-0.3, -0.25) is 25.0 Å². The number of non-ortho nitro benzene ring substituents is 1. The lowest BCUT2D eigenvalue weighted by molar-refractivity contribution is -0.394. The van der Waals surface area contributed by atoms with Gasteiger partial charge in [0.2, 0.25) is 5.75 Å². The molecule has 0 heterocycles. The van der Waals surface area contributed by atoms with Crippen LogP contribution in [0.2, 0.25) is 0 Å². The highest BCUT2D eigenvalue weighted by atomic mass is 16.6. The van der Waals surface area contributed by atoms with E-state index in [2.05, 4.69) is 6.92 Å². The minimum absolute atomic E-state index is 0.170. The summed E-state index contributed by atoms with van der Waals surface area (Å²) in [5.74, 6) is -0.774. The van der Waals surface area contributed by atoms with E-state index >= 15 is 0 Å². The van der Waals surface area contributed by atoms with Crippen LogP contribution in [0.1, 0.15) is 76.7 Å². The molecule has 0 spiro atoms. The van der Waals surface area contributed by atoms with Gasteiger partial charge < -0.3 is 4.74 Å². The van der Waals surface area contributed by atoms with Crippen molar-refractivity contribution in [1.82, 2.24) is 0 Å². The Labute approximate surface area is 159 Å². The second-order valence-electron chi connectivity index (χ2n) is 6.68. The highest BCUT2D eigenvalue weighted by molar-refractivity contribution is 5.75. The molecule has 1 rings (SSSR count). The van der Waals surface area contributed by atoms with Crippen molar-refractivity contribution in [1.29, 1.82) is 0 Å². The zero-order valence-corrected chi connectivity index (χ0v) is 16.1. The van der Waals surface area contributed by atoms with Crippen LogP contribution in [0.15, 0.2) is 12.1 Å². The first-order valence-corrected chi connectivity index (χ1v) is 9.51. The summed E-state index contributed by atoms with van der Waals surface area (Å²) in [4.78, 5) is 32.5. The fourth-order valence-corrected chi connectivity index (χ4v) is 2.86. The standard InChI is InChI=1S/C19H28N2O6/c1-3-4-5-6-7-8-9-10-11-12-18(22)27-19-15(2)13-16(20(23)24)14-17(19)21(25)26/h13-14H,3-12H2,1-2H3. The van der Waals surface area contributed by atoms with Gasteiger partial charge in [-0.05, 0) is 13.3 Å². The predicted octanol–water partition coefficient (Wildman–Crippen LogP) is 5.64. The van der Waals surface area contributed by atoms with Gasteiger partial charge >= 0.3 is 11.7 Å². The van der Waals surface area contributed by atoms with E-state index in [0.29, 0.717) is 6.42 Å². The Hall–Kier alpha value is -2.51. The SMILES string of the molecule is CCCCCCCCCCCC(=O)Oc1c(C)cc([N+](=O)[O-])cc1[N+](=O)[O-]. The zero-order chi connectivity index (χ0) is 20.2. The van der Waals surface area contributed by atoms with Gasteiger partial charge in [-0.1, -0.05) is 58.3 Å². The summed E-state index contributed by atoms with van der Waals surface area (Å²) in [7, 11) is 0. The van der Waals surface area contributed by atoms with Crippen molar-refractivity contribution in [3.8, 4) is 5.75 Å². The van der Waals surface area contributed by atoms with Crippen molar-refractivity contribution >= 4 is 17.3 Å². The summed E-state index contributed by atoms with van der Waals surface area (Å²) < 4.78 is 5.14. The lowest BCUT2D eigenvalue weighted by atomic mass is 10.1. The number of nitro groups is 2. The molecule has 0 aliphatic heterocycles. The number of hydrogen-bond acceptors (Lipinski definition) is 6. The maximum atomic E-state index is 12.0. The van der Waals surface area contributed by atoms with Crippen LogP contribution in [0, 0.1) is 27.2 Å². The molecule has 0 aliphatic rings. The summed E-state index contributed by atoms with van der Waals surface area (Å²) in [5, 5.41) is 22.0. The van der Waals surface area contributed by atoms with Crippen LogP contribution in [-0.4, -0.2) is 15.8 Å². The maximum Gasteiger partial charge on any atom is 0.318 e. The van der Waals surface area contributed by atoms with Crippen LogP contribution < -0.4 is 4.74 Å². The molecular formula is C19H28N2O6. The van der Waals surface area contributed by atoms with Crippen LogP contribution >= 0.6 is 0 Å². The molecule has 0 saturated heterocycles. The van der Waals surface area contributed by atoms with Gasteiger partial charge in [-0.25, -0.2) is 0 Å². The summed E-state index contributed by atoms with van der Waals surface area (Å²) >= 11 is 0. The van der Waals surface area contributed by atoms with Crippen molar-refractivity contribution in [3.05, 3.63) is 37.9 Å². The van der Waals surface area contributed by atoms with Crippen LogP contribution in [0.4, 0.5) is 11.4 Å². The Morgan fingerprint density at radius 1 is 0.926 bits per heavy atom. The molecule has 0 fully saturated rings. The molecule has 0 amide bonds. The van der Waals surface area contributed by atoms with Crippen molar-refractivity contribution in [2.24, 2.45) is 0 Å². The van der Waals surface area contributed by atoms with Crippen molar-refractivity contribution in [2.75, 3.05) is 0 Å². The Morgan fingerprint density at radius 3 is 2.00 bits per heavy atom. The number of ether oxygens (including phenoxy) is 1. The molecule has 8 nitrogen and oxygen atoms in total. The van der Waals surface area contributed by atoms with E-state index in [1.54, 1.807) is 0 Å². The molecule has 0 aliphatic carbocycles. The summed E-state index contributed by atoms with van der Waals surface area (Å²) in [6.07, 6.45) is 10.2. The quantitative estimate of drug-likeness (QED) is 0.144. The minimum Gasteiger partial charge on any atom is -0.419 e. The maximum absolute atomic E-state index is 12.0. The van der Waals surface area contributed by atoms with E-state index in [9.17, 15) is 25.0 Å². The molecule has 0 saturated carbocycles.